The third-order valence-electron chi connectivity index (χ3n) is 12.9. The van der Waals surface area contributed by atoms with E-state index in [1.165, 1.54) is 105 Å². The van der Waals surface area contributed by atoms with Crippen LogP contribution in [-0.4, -0.2) is 9.97 Å². The number of hydrogen-bond donors (Lipinski definition) is 0. The fraction of sp³-hybridized carbons (Fsp3) is 0.306. The van der Waals surface area contributed by atoms with Gasteiger partial charge >= 0.3 is 30.0 Å². The minimum atomic E-state index is -0.0631. The number of fused-ring (bicyclic) bond motifs is 8. The number of rotatable bonds is 3. The summed E-state index contributed by atoms with van der Waals surface area (Å²) >= 11 is 10.6. The molecule has 0 radical (unpaired) electrons. The molecule has 2 aliphatic rings. The second-order valence-electron chi connectivity index (χ2n) is 22.3. The van der Waals surface area contributed by atoms with Crippen LogP contribution < -0.4 is 0 Å². The summed E-state index contributed by atoms with van der Waals surface area (Å²) in [7, 11) is 0. The molecule has 2 aliphatic carbocycles. The van der Waals surface area contributed by atoms with Crippen LogP contribution in [0.3, 0.4) is 0 Å². The Morgan fingerprint density at radius 3 is 1.34 bits per heavy atom. The molecule has 0 saturated carbocycles. The normalized spacial score (nSPS) is 13.8. The van der Waals surface area contributed by atoms with Crippen molar-refractivity contribution in [1.29, 1.82) is 0 Å². The van der Waals surface area contributed by atoms with Crippen molar-refractivity contribution >= 4 is 47.0 Å². The second kappa shape index (κ2) is 19.1. The van der Waals surface area contributed by atoms with Crippen molar-refractivity contribution in [3.8, 4) is 44.8 Å². The SMILES string of the molecule is Cc1ccc2c(c1)-c1cc(C)cc(-c3ccc4c(CC(C)(C)C)cccc4n3)c1C2(C)C.Cc1ccc2c(c1)-c1cc(C)cc(-c3ccc4c(Cl)cccc4n3)c1C2(C)C.[CH2-]C(C)(C)C.[Zn+][Br]. The number of pyridine rings is 2. The van der Waals surface area contributed by atoms with E-state index in [0.717, 1.165) is 39.3 Å². The van der Waals surface area contributed by atoms with Crippen molar-refractivity contribution in [3.63, 3.8) is 0 Å². The maximum atomic E-state index is 6.36. The first kappa shape index (κ1) is 50.4. The molecule has 0 saturated heterocycles. The van der Waals surface area contributed by atoms with E-state index in [9.17, 15) is 0 Å². The number of aryl methyl sites for hydroxylation is 4. The molecule has 0 bridgehead atoms. The van der Waals surface area contributed by atoms with Gasteiger partial charge in [-0.15, -0.1) is 0 Å². The molecule has 0 aliphatic heterocycles. The molecule has 0 N–H and O–H groups in total. The summed E-state index contributed by atoms with van der Waals surface area (Å²) in [6.07, 6.45) is 1.05. The monoisotopic (exact) mass is 1020 g/mol. The van der Waals surface area contributed by atoms with Crippen molar-refractivity contribution in [3.05, 3.63) is 183 Å². The van der Waals surface area contributed by atoms with Gasteiger partial charge in [0.25, 0.3) is 0 Å². The molecule has 0 unspecified atom stereocenters. The second-order valence-corrected chi connectivity index (χ2v) is 22.7. The quantitative estimate of drug-likeness (QED) is 0.130. The van der Waals surface area contributed by atoms with Crippen LogP contribution >= 0.6 is 25.2 Å². The average Bonchev–Trinajstić information content (AvgIpc) is 3.60. The zero-order valence-electron chi connectivity index (χ0n) is 42.3. The van der Waals surface area contributed by atoms with Gasteiger partial charge in [-0.1, -0.05) is 165 Å². The Balaban J connectivity index is 0.000000176. The summed E-state index contributed by atoms with van der Waals surface area (Å²) in [5, 5.41) is 3.01. The molecule has 10 rings (SSSR count). The van der Waals surface area contributed by atoms with Crippen molar-refractivity contribution in [2.24, 2.45) is 10.8 Å². The first-order valence-electron chi connectivity index (χ1n) is 23.5. The molecule has 2 aromatic heterocycles. The molecule has 6 aromatic carbocycles. The van der Waals surface area contributed by atoms with Gasteiger partial charge in [-0.2, -0.15) is 5.41 Å². The van der Waals surface area contributed by atoms with Crippen molar-refractivity contribution in [1.82, 2.24) is 9.97 Å². The van der Waals surface area contributed by atoms with E-state index in [4.69, 9.17) is 21.6 Å². The fourth-order valence-electron chi connectivity index (χ4n) is 10.2. The van der Waals surface area contributed by atoms with Crippen LogP contribution in [0.15, 0.2) is 121 Å². The van der Waals surface area contributed by atoms with Gasteiger partial charge in [0.2, 0.25) is 0 Å². The predicted octanol–water partition coefficient (Wildman–Crippen LogP) is 18.6. The van der Waals surface area contributed by atoms with E-state index in [-0.39, 0.29) is 21.7 Å². The summed E-state index contributed by atoms with van der Waals surface area (Å²) in [6, 6.07) is 44.2. The van der Waals surface area contributed by atoms with E-state index >= 15 is 0 Å². The summed E-state index contributed by atoms with van der Waals surface area (Å²) in [4.78, 5) is 10.2. The molecule has 0 fully saturated rings. The van der Waals surface area contributed by atoms with Crippen LogP contribution in [0.2, 0.25) is 5.02 Å². The van der Waals surface area contributed by atoms with Crippen LogP contribution in [0, 0.1) is 45.4 Å². The molecular formula is C62H66BrClN2Zn. The van der Waals surface area contributed by atoms with Gasteiger partial charge in [0.05, 0.1) is 22.4 Å². The fourth-order valence-corrected chi connectivity index (χ4v) is 10.5. The van der Waals surface area contributed by atoms with Crippen molar-refractivity contribution < 1.29 is 16.3 Å². The molecule has 2 heterocycles. The van der Waals surface area contributed by atoms with Crippen LogP contribution in [0.25, 0.3) is 66.6 Å². The Kier molecular flexibility index (Phi) is 14.4. The van der Waals surface area contributed by atoms with Crippen LogP contribution in [-0.2, 0) is 33.6 Å². The Hall–Kier alpha value is -4.47. The zero-order chi connectivity index (χ0) is 49.0. The molecular weight excluding hydrogens is 953 g/mol. The molecule has 67 heavy (non-hydrogen) atoms. The maximum absolute atomic E-state index is 6.36. The van der Waals surface area contributed by atoms with Gasteiger partial charge in [0.1, 0.15) is 0 Å². The van der Waals surface area contributed by atoms with Gasteiger partial charge in [-0.3, -0.25) is 0 Å². The summed E-state index contributed by atoms with van der Waals surface area (Å²) in [6.45, 7) is 35.0. The average molecular weight is 1020 g/mol. The van der Waals surface area contributed by atoms with E-state index < -0.39 is 0 Å². The van der Waals surface area contributed by atoms with Gasteiger partial charge in [-0.25, -0.2) is 9.97 Å². The standard InChI is InChI=1S/C31H33N.C26H22ClN.C5H11.BrH.Zn/c1-19-11-13-26-23(15-19)24-16-20(2)17-25(29(24)31(26,6)7)28-14-12-22-21(18-30(3,4)5)9-8-10-27(22)32-28;1-15-8-10-21-18(12-15)19-13-16(2)14-20(25(19)26(21,3)4)24-11-9-17-22(27)6-5-7-23(17)28-24;1-5(2,3)4;;/h8-17H,18H2,1-7H3;5-14H,1-4H3;1H2,2-4H3;1H;/q;;-1;;+2/p-1. The van der Waals surface area contributed by atoms with Crippen LogP contribution in [0.1, 0.15) is 119 Å². The van der Waals surface area contributed by atoms with E-state index in [1.54, 1.807) is 0 Å². The van der Waals surface area contributed by atoms with Gasteiger partial charge in [-0.05, 0) is 149 Å². The first-order chi connectivity index (χ1) is 31.4. The van der Waals surface area contributed by atoms with E-state index in [1.807, 2.05) is 18.2 Å². The molecule has 8 aromatic rings. The summed E-state index contributed by atoms with van der Waals surface area (Å²) < 4.78 is 0. The van der Waals surface area contributed by atoms with Gasteiger partial charge in [0, 0.05) is 37.8 Å². The van der Waals surface area contributed by atoms with Crippen LogP contribution in [0.5, 0.6) is 0 Å². The number of benzene rings is 6. The molecule has 0 spiro atoms. The summed E-state index contributed by atoms with van der Waals surface area (Å²) in [5.41, 5.74) is 24.5. The van der Waals surface area contributed by atoms with Crippen LogP contribution in [0.4, 0.5) is 0 Å². The number of aromatic nitrogens is 2. The summed E-state index contributed by atoms with van der Waals surface area (Å²) in [5.74, 6) is 0. The number of nitrogens with zero attached hydrogens (tertiary/aromatic N) is 2. The Labute approximate surface area is 423 Å². The molecule has 0 amide bonds. The third-order valence-corrected chi connectivity index (χ3v) is 13.2. The van der Waals surface area contributed by atoms with Crippen molar-refractivity contribution in [2.75, 3.05) is 0 Å². The Bertz CT molecular complexity index is 3160. The number of halogens is 2. The first-order valence-corrected chi connectivity index (χ1v) is 30.8. The van der Waals surface area contributed by atoms with Gasteiger partial charge < -0.3 is 6.92 Å². The molecule has 340 valence electrons. The zero-order valence-corrected chi connectivity index (χ0v) is 47.6. The Morgan fingerprint density at radius 2 is 0.896 bits per heavy atom. The Morgan fingerprint density at radius 1 is 0.507 bits per heavy atom. The minimum absolute atomic E-state index is 0.0495. The molecule has 5 heteroatoms. The molecule has 0 atom stereocenters. The third kappa shape index (κ3) is 10.4. The predicted molar refractivity (Wildman–Crippen MR) is 290 cm³/mol. The topological polar surface area (TPSA) is 25.8 Å². The van der Waals surface area contributed by atoms with Crippen molar-refractivity contribution in [2.45, 2.75) is 114 Å². The van der Waals surface area contributed by atoms with E-state index in [2.05, 4.69) is 221 Å². The number of hydrogen-bond acceptors (Lipinski definition) is 2. The van der Waals surface area contributed by atoms with Gasteiger partial charge in [0.15, 0.2) is 0 Å². The van der Waals surface area contributed by atoms with E-state index in [0.29, 0.717) is 0 Å². The molecule has 2 nitrogen and oxygen atoms in total.